The molecule has 0 saturated heterocycles. The zero-order valence-electron chi connectivity index (χ0n) is 11.5. The maximum absolute atomic E-state index is 6.12. The van der Waals surface area contributed by atoms with Crippen molar-refractivity contribution in [1.82, 2.24) is 5.32 Å². The second-order valence-corrected chi connectivity index (χ2v) is 7.31. The van der Waals surface area contributed by atoms with Crippen molar-refractivity contribution in [2.24, 2.45) is 0 Å². The van der Waals surface area contributed by atoms with Gasteiger partial charge in [-0.3, -0.25) is 0 Å². The highest BCUT2D eigenvalue weighted by Gasteiger charge is 2.07. The van der Waals surface area contributed by atoms with E-state index in [1.165, 1.54) is 15.4 Å². The van der Waals surface area contributed by atoms with Crippen molar-refractivity contribution in [1.29, 1.82) is 0 Å². The van der Waals surface area contributed by atoms with Crippen LogP contribution in [0.25, 0.3) is 0 Å². The van der Waals surface area contributed by atoms with Crippen LogP contribution in [0.4, 0.5) is 0 Å². The minimum absolute atomic E-state index is 0.456. The average molecular weight is 371 g/mol. The largest absolute Gasteiger partial charge is 0.310 e. The van der Waals surface area contributed by atoms with Gasteiger partial charge in [0.2, 0.25) is 0 Å². The van der Waals surface area contributed by atoms with Gasteiger partial charge in [0, 0.05) is 31.9 Å². The summed E-state index contributed by atoms with van der Waals surface area (Å²) in [5, 5.41) is 4.23. The number of hydrogen-bond donors (Lipinski definition) is 1. The van der Waals surface area contributed by atoms with E-state index in [2.05, 4.69) is 53.3 Å². The highest BCUT2D eigenvalue weighted by Crippen LogP contribution is 2.33. The Morgan fingerprint density at radius 1 is 1.20 bits per heavy atom. The lowest BCUT2D eigenvalue weighted by Gasteiger charge is -2.13. The molecule has 20 heavy (non-hydrogen) atoms. The van der Waals surface area contributed by atoms with Crippen molar-refractivity contribution in [3.63, 3.8) is 0 Å². The van der Waals surface area contributed by atoms with Crippen LogP contribution in [0.5, 0.6) is 0 Å². The first kappa shape index (κ1) is 15.9. The summed E-state index contributed by atoms with van der Waals surface area (Å²) in [5.41, 5.74) is 1.23. The Bertz CT molecular complexity index is 586. The summed E-state index contributed by atoms with van der Waals surface area (Å²) >= 11 is 11.4. The Hall–Kier alpha value is -0.480. The Morgan fingerprint density at radius 3 is 2.70 bits per heavy atom. The van der Waals surface area contributed by atoms with Crippen molar-refractivity contribution in [3.8, 4) is 0 Å². The zero-order valence-corrected chi connectivity index (χ0v) is 14.6. The first-order chi connectivity index (χ1) is 9.54. The van der Waals surface area contributed by atoms with Crippen LogP contribution in [-0.4, -0.2) is 6.04 Å². The Morgan fingerprint density at radius 2 is 2.00 bits per heavy atom. The lowest BCUT2D eigenvalue weighted by atomic mass is 10.2. The van der Waals surface area contributed by atoms with Crippen molar-refractivity contribution in [2.75, 3.05) is 0 Å². The molecule has 106 valence electrons. The minimum atomic E-state index is 0.456. The summed E-state index contributed by atoms with van der Waals surface area (Å²) < 4.78 is 1.10. The molecule has 0 radical (unpaired) electrons. The van der Waals surface area contributed by atoms with Crippen molar-refractivity contribution >= 4 is 39.3 Å². The molecular weight excluding hydrogens is 354 g/mol. The predicted octanol–water partition coefficient (Wildman–Crippen LogP) is 5.75. The molecule has 0 fully saturated rings. The van der Waals surface area contributed by atoms with Gasteiger partial charge < -0.3 is 5.32 Å². The SMILES string of the molecule is CC(C)NCc1cc(Cl)ccc1Sc1cccc(Br)c1. The van der Waals surface area contributed by atoms with Crippen LogP contribution >= 0.6 is 39.3 Å². The van der Waals surface area contributed by atoms with Gasteiger partial charge >= 0.3 is 0 Å². The second-order valence-electron chi connectivity index (χ2n) is 4.85. The maximum atomic E-state index is 6.12. The fourth-order valence-corrected chi connectivity index (χ4v) is 3.49. The summed E-state index contributed by atoms with van der Waals surface area (Å²) in [6.07, 6.45) is 0. The molecule has 0 heterocycles. The molecule has 0 aliphatic rings. The first-order valence-electron chi connectivity index (χ1n) is 6.50. The Kier molecular flexibility index (Phi) is 5.97. The third kappa shape index (κ3) is 4.81. The molecule has 2 rings (SSSR count). The molecule has 2 aromatic carbocycles. The molecule has 0 saturated carbocycles. The van der Waals surface area contributed by atoms with E-state index in [0.717, 1.165) is 16.0 Å². The van der Waals surface area contributed by atoms with Gasteiger partial charge in [-0.15, -0.1) is 0 Å². The second kappa shape index (κ2) is 7.51. The number of halogens is 2. The molecule has 0 bridgehead atoms. The van der Waals surface area contributed by atoms with Crippen LogP contribution in [0.2, 0.25) is 5.02 Å². The standard InChI is InChI=1S/C16H17BrClNS/c1-11(2)19-10-12-8-14(18)6-7-16(12)20-15-5-3-4-13(17)9-15/h3-9,11,19H,10H2,1-2H3. The molecule has 4 heteroatoms. The van der Waals surface area contributed by atoms with Crippen molar-refractivity contribution in [2.45, 2.75) is 36.2 Å². The smallest absolute Gasteiger partial charge is 0.0410 e. The van der Waals surface area contributed by atoms with Crippen LogP contribution in [0, 0.1) is 0 Å². The molecular formula is C16H17BrClNS. The van der Waals surface area contributed by atoms with Crippen LogP contribution < -0.4 is 5.32 Å². The number of hydrogen-bond acceptors (Lipinski definition) is 2. The van der Waals surface area contributed by atoms with E-state index < -0.39 is 0 Å². The molecule has 0 spiro atoms. The summed E-state index contributed by atoms with van der Waals surface area (Å²) in [6, 6.07) is 14.9. The Balaban J connectivity index is 2.21. The Labute approximate surface area is 138 Å². The summed E-state index contributed by atoms with van der Waals surface area (Å²) in [4.78, 5) is 2.45. The highest BCUT2D eigenvalue weighted by molar-refractivity contribution is 9.10. The summed E-state index contributed by atoms with van der Waals surface area (Å²) in [6.45, 7) is 5.12. The summed E-state index contributed by atoms with van der Waals surface area (Å²) in [7, 11) is 0. The molecule has 0 aliphatic heterocycles. The summed E-state index contributed by atoms with van der Waals surface area (Å²) in [5.74, 6) is 0. The van der Waals surface area contributed by atoms with Crippen molar-refractivity contribution in [3.05, 3.63) is 57.5 Å². The van der Waals surface area contributed by atoms with Gasteiger partial charge in [0.1, 0.15) is 0 Å². The van der Waals surface area contributed by atoms with Crippen LogP contribution in [0.1, 0.15) is 19.4 Å². The van der Waals surface area contributed by atoms with Crippen LogP contribution in [0.15, 0.2) is 56.7 Å². The maximum Gasteiger partial charge on any atom is 0.0410 e. The lowest BCUT2D eigenvalue weighted by Crippen LogP contribution is -2.22. The van der Waals surface area contributed by atoms with E-state index in [1.807, 2.05) is 24.3 Å². The fraction of sp³-hybridized carbons (Fsp3) is 0.250. The van der Waals surface area contributed by atoms with Gasteiger partial charge in [0.05, 0.1) is 0 Å². The van der Waals surface area contributed by atoms with Gasteiger partial charge in [-0.1, -0.05) is 59.2 Å². The minimum Gasteiger partial charge on any atom is -0.310 e. The van der Waals surface area contributed by atoms with Crippen LogP contribution in [-0.2, 0) is 6.54 Å². The topological polar surface area (TPSA) is 12.0 Å². The molecule has 0 amide bonds. The van der Waals surface area contributed by atoms with E-state index >= 15 is 0 Å². The molecule has 0 aromatic heterocycles. The normalized spacial score (nSPS) is 11.1. The lowest BCUT2D eigenvalue weighted by molar-refractivity contribution is 0.585. The monoisotopic (exact) mass is 369 g/mol. The van der Waals surface area contributed by atoms with E-state index in [9.17, 15) is 0 Å². The van der Waals surface area contributed by atoms with E-state index in [4.69, 9.17) is 11.6 Å². The first-order valence-corrected chi connectivity index (χ1v) is 8.48. The van der Waals surface area contributed by atoms with Crippen LogP contribution in [0.3, 0.4) is 0 Å². The third-order valence-corrected chi connectivity index (χ3v) is 4.58. The zero-order chi connectivity index (χ0) is 14.5. The van der Waals surface area contributed by atoms with Gasteiger partial charge in [0.25, 0.3) is 0 Å². The molecule has 2 aromatic rings. The van der Waals surface area contributed by atoms with E-state index in [0.29, 0.717) is 6.04 Å². The predicted molar refractivity (Wildman–Crippen MR) is 91.7 cm³/mol. The molecule has 1 N–H and O–H groups in total. The van der Waals surface area contributed by atoms with E-state index in [-0.39, 0.29) is 0 Å². The van der Waals surface area contributed by atoms with Gasteiger partial charge in [0.15, 0.2) is 0 Å². The van der Waals surface area contributed by atoms with Crippen molar-refractivity contribution < 1.29 is 0 Å². The quantitative estimate of drug-likeness (QED) is 0.719. The highest BCUT2D eigenvalue weighted by atomic mass is 79.9. The molecule has 1 nitrogen and oxygen atoms in total. The van der Waals surface area contributed by atoms with Gasteiger partial charge in [-0.25, -0.2) is 0 Å². The molecule has 0 aliphatic carbocycles. The fourth-order valence-electron chi connectivity index (χ4n) is 1.76. The number of rotatable bonds is 5. The average Bonchev–Trinajstić information content (AvgIpc) is 2.39. The number of benzene rings is 2. The van der Waals surface area contributed by atoms with E-state index in [1.54, 1.807) is 11.8 Å². The molecule has 0 atom stereocenters. The van der Waals surface area contributed by atoms with Gasteiger partial charge in [-0.05, 0) is 42.0 Å². The molecule has 0 unspecified atom stereocenters. The van der Waals surface area contributed by atoms with Gasteiger partial charge in [-0.2, -0.15) is 0 Å². The third-order valence-electron chi connectivity index (χ3n) is 2.75. The number of nitrogens with one attached hydrogen (secondary N) is 1.